The summed E-state index contributed by atoms with van der Waals surface area (Å²) in [6, 6.07) is 16.6. The third-order valence-electron chi connectivity index (χ3n) is 4.73. The number of aryl methyl sites for hydroxylation is 1. The highest BCUT2D eigenvalue weighted by Gasteiger charge is 2.10. The summed E-state index contributed by atoms with van der Waals surface area (Å²) in [5.74, 6) is 0.865. The number of benzene rings is 2. The van der Waals surface area contributed by atoms with Crippen molar-refractivity contribution in [2.75, 3.05) is 12.4 Å². The number of anilines is 1. The summed E-state index contributed by atoms with van der Waals surface area (Å²) in [4.78, 5) is 0.854. The molecule has 0 saturated heterocycles. The fourth-order valence-electron chi connectivity index (χ4n) is 2.99. The van der Waals surface area contributed by atoms with Gasteiger partial charge in [0.05, 0.1) is 11.9 Å². The molecule has 1 aromatic heterocycles. The van der Waals surface area contributed by atoms with Gasteiger partial charge in [0, 0.05) is 24.2 Å². The zero-order chi connectivity index (χ0) is 20.1. The third-order valence-corrected chi connectivity index (χ3v) is 5.17. The molecule has 144 valence electrons. The van der Waals surface area contributed by atoms with Gasteiger partial charge in [-0.15, -0.1) is 12.6 Å². The van der Waals surface area contributed by atoms with Gasteiger partial charge in [0.25, 0.3) is 0 Å². The van der Waals surface area contributed by atoms with Gasteiger partial charge in [-0.1, -0.05) is 43.0 Å². The molecule has 0 atom stereocenters. The first-order chi connectivity index (χ1) is 13.5. The maximum atomic E-state index is 4.48. The first kappa shape index (κ1) is 19.8. The van der Waals surface area contributed by atoms with E-state index in [0.717, 1.165) is 33.2 Å². The van der Waals surface area contributed by atoms with E-state index in [-0.39, 0.29) is 0 Å². The normalized spacial score (nSPS) is 11.4. The molecule has 0 aliphatic carbocycles. The smallest absolute Gasteiger partial charge is 0.128 e. The summed E-state index contributed by atoms with van der Waals surface area (Å²) in [7, 11) is 1.92. The zero-order valence-corrected chi connectivity index (χ0v) is 17.4. The molecule has 3 aromatic rings. The van der Waals surface area contributed by atoms with Crippen LogP contribution in [0.25, 0.3) is 11.4 Å². The van der Waals surface area contributed by atoms with Gasteiger partial charge in [-0.3, -0.25) is 0 Å². The maximum absolute atomic E-state index is 4.48. The topological polar surface area (TPSA) is 41.9 Å². The van der Waals surface area contributed by atoms with Gasteiger partial charge in [0.1, 0.15) is 5.82 Å². The molecule has 0 bridgehead atoms. The van der Waals surface area contributed by atoms with Gasteiger partial charge in [-0.2, -0.15) is 5.10 Å². The number of aromatic nitrogens is 2. The molecule has 0 spiro atoms. The van der Waals surface area contributed by atoms with Crippen molar-refractivity contribution in [3.8, 4) is 0 Å². The number of nitrogens with one attached hydrogen (secondary N) is 2. The minimum atomic E-state index is 0.679. The van der Waals surface area contributed by atoms with Crippen LogP contribution in [-0.2, 0) is 6.54 Å². The minimum absolute atomic E-state index is 0.679. The lowest BCUT2D eigenvalue weighted by Gasteiger charge is -2.15. The Morgan fingerprint density at radius 1 is 1.14 bits per heavy atom. The van der Waals surface area contributed by atoms with Crippen LogP contribution in [-0.4, -0.2) is 16.8 Å². The quantitative estimate of drug-likeness (QED) is 0.387. The van der Waals surface area contributed by atoms with E-state index in [1.54, 1.807) is 6.20 Å². The van der Waals surface area contributed by atoms with E-state index in [4.69, 9.17) is 0 Å². The van der Waals surface area contributed by atoms with Crippen LogP contribution >= 0.6 is 12.6 Å². The fraction of sp³-hybridized carbons (Fsp3) is 0.174. The number of thiol groups is 1. The Morgan fingerprint density at radius 3 is 2.46 bits per heavy atom. The Kier molecular flexibility index (Phi) is 6.26. The highest BCUT2D eigenvalue weighted by molar-refractivity contribution is 7.80. The van der Waals surface area contributed by atoms with Gasteiger partial charge >= 0.3 is 0 Å². The molecule has 0 unspecified atom stereocenters. The fourth-order valence-corrected chi connectivity index (χ4v) is 3.14. The summed E-state index contributed by atoms with van der Waals surface area (Å²) in [5, 5.41) is 11.1. The lowest BCUT2D eigenvalue weighted by atomic mass is 10.0. The van der Waals surface area contributed by atoms with Crippen LogP contribution in [0.15, 0.2) is 72.3 Å². The molecule has 0 radical (unpaired) electrons. The number of hydrogen-bond donors (Lipinski definition) is 3. The van der Waals surface area contributed by atoms with Crippen LogP contribution in [0.3, 0.4) is 0 Å². The molecule has 0 amide bonds. The summed E-state index contributed by atoms with van der Waals surface area (Å²) >= 11 is 4.48. The first-order valence-corrected chi connectivity index (χ1v) is 9.65. The average Bonchev–Trinajstić information content (AvgIpc) is 3.04. The van der Waals surface area contributed by atoms with E-state index in [1.807, 2.05) is 36.9 Å². The van der Waals surface area contributed by atoms with Crippen molar-refractivity contribution in [2.24, 2.45) is 0 Å². The second kappa shape index (κ2) is 8.85. The third kappa shape index (κ3) is 4.49. The minimum Gasteiger partial charge on any atom is -0.388 e. The van der Waals surface area contributed by atoms with E-state index in [0.29, 0.717) is 6.54 Å². The zero-order valence-electron chi connectivity index (χ0n) is 16.5. The lowest BCUT2D eigenvalue weighted by Crippen LogP contribution is -2.19. The highest BCUT2D eigenvalue weighted by atomic mass is 32.1. The van der Waals surface area contributed by atoms with Crippen LogP contribution in [0.1, 0.15) is 22.4 Å². The average molecular weight is 391 g/mol. The van der Waals surface area contributed by atoms with Gasteiger partial charge in [-0.05, 0) is 54.3 Å². The highest BCUT2D eigenvalue weighted by Crippen LogP contribution is 2.22. The van der Waals surface area contributed by atoms with Crippen molar-refractivity contribution >= 4 is 29.7 Å². The summed E-state index contributed by atoms with van der Waals surface area (Å²) in [5.41, 5.74) is 6.50. The molecule has 0 fully saturated rings. The predicted molar refractivity (Wildman–Crippen MR) is 122 cm³/mol. The van der Waals surface area contributed by atoms with Crippen LogP contribution in [0.4, 0.5) is 5.69 Å². The molecule has 0 aliphatic heterocycles. The Hall–Kier alpha value is -2.92. The second-order valence-electron chi connectivity index (χ2n) is 6.70. The molecule has 2 aromatic carbocycles. The van der Waals surface area contributed by atoms with Crippen molar-refractivity contribution in [3.63, 3.8) is 0 Å². The second-order valence-corrected chi connectivity index (χ2v) is 7.18. The van der Waals surface area contributed by atoms with E-state index >= 15 is 0 Å². The molecule has 3 rings (SSSR count). The Balaban J connectivity index is 1.89. The van der Waals surface area contributed by atoms with Crippen LogP contribution in [0.5, 0.6) is 0 Å². The molecular weight excluding hydrogens is 364 g/mol. The van der Waals surface area contributed by atoms with E-state index in [2.05, 4.69) is 78.3 Å². The molecule has 0 aliphatic rings. The molecule has 5 heteroatoms. The molecule has 4 nitrogen and oxygen atoms in total. The summed E-state index contributed by atoms with van der Waals surface area (Å²) in [6.45, 7) is 9.06. The Bertz CT molecular complexity index is 1000. The van der Waals surface area contributed by atoms with Crippen molar-refractivity contribution in [1.82, 2.24) is 15.1 Å². The van der Waals surface area contributed by atoms with Crippen LogP contribution in [0, 0.1) is 13.8 Å². The summed E-state index contributed by atoms with van der Waals surface area (Å²) in [6.07, 6.45) is 3.80. The summed E-state index contributed by atoms with van der Waals surface area (Å²) < 4.78 is 1.87. The van der Waals surface area contributed by atoms with Crippen molar-refractivity contribution in [2.45, 2.75) is 25.3 Å². The lowest BCUT2D eigenvalue weighted by molar-refractivity contribution is 0.755. The maximum Gasteiger partial charge on any atom is 0.128 e. The number of allylic oxidation sites excluding steroid dienone is 2. The van der Waals surface area contributed by atoms with Gasteiger partial charge < -0.3 is 10.6 Å². The number of rotatable bonds is 7. The molecule has 28 heavy (non-hydrogen) atoms. The largest absolute Gasteiger partial charge is 0.388 e. The monoisotopic (exact) mass is 390 g/mol. The number of nitrogens with zero attached hydrogens (tertiary/aromatic N) is 2. The van der Waals surface area contributed by atoms with Crippen LogP contribution in [0.2, 0.25) is 0 Å². The van der Waals surface area contributed by atoms with E-state index in [1.165, 1.54) is 11.1 Å². The first-order valence-electron chi connectivity index (χ1n) is 9.20. The van der Waals surface area contributed by atoms with Crippen molar-refractivity contribution < 1.29 is 0 Å². The Morgan fingerprint density at radius 2 is 1.86 bits per heavy atom. The van der Waals surface area contributed by atoms with Gasteiger partial charge in [-0.25, -0.2) is 4.68 Å². The standard InChI is InChI=1S/C23H26N4S/c1-16-7-5-6-8-21(16)17(2)13-23(27-18(3)22(28)15-26-27)25-14-19-9-11-20(24-4)12-10-19/h5-13,15,24-25,28H,2,14H2,1,3-4H3/b23-13-. The van der Waals surface area contributed by atoms with E-state index < -0.39 is 0 Å². The van der Waals surface area contributed by atoms with Gasteiger partial charge in [0.15, 0.2) is 0 Å². The Labute approximate surface area is 172 Å². The van der Waals surface area contributed by atoms with Crippen molar-refractivity contribution in [3.05, 3.63) is 89.8 Å². The molecule has 2 N–H and O–H groups in total. The molecule has 0 saturated carbocycles. The van der Waals surface area contributed by atoms with Crippen LogP contribution < -0.4 is 10.6 Å². The van der Waals surface area contributed by atoms with Gasteiger partial charge in [0.2, 0.25) is 0 Å². The molecule has 1 heterocycles. The molecular formula is C23H26N4S. The number of hydrogen-bond acceptors (Lipinski definition) is 4. The van der Waals surface area contributed by atoms with E-state index in [9.17, 15) is 0 Å². The predicted octanol–water partition coefficient (Wildman–Crippen LogP) is 5.13. The SMILES string of the molecule is C=C(/C=C(/NCc1ccc(NC)cc1)n1ncc(S)c1C)c1ccccc1C. The van der Waals surface area contributed by atoms with Crippen molar-refractivity contribution in [1.29, 1.82) is 0 Å².